The number of nitrogens with two attached hydrogens (primary N) is 1. The van der Waals surface area contributed by atoms with Gasteiger partial charge in [-0.2, -0.15) is 8.78 Å². The summed E-state index contributed by atoms with van der Waals surface area (Å²) in [5.74, 6) is 7.38. The summed E-state index contributed by atoms with van der Waals surface area (Å²) in [4.78, 5) is 0. The number of aromatic nitrogens is 3. The molecule has 0 radical (unpaired) electrons. The van der Waals surface area contributed by atoms with Crippen LogP contribution in [0.2, 0.25) is 0 Å². The van der Waals surface area contributed by atoms with Crippen LogP contribution in [0.3, 0.4) is 0 Å². The van der Waals surface area contributed by atoms with E-state index in [0.717, 1.165) is 12.2 Å². The average molecular weight is 300 g/mol. The highest BCUT2D eigenvalue weighted by atomic mass is 32.2. The lowest BCUT2D eigenvalue weighted by molar-refractivity contribution is -0.0498. The Hall–Kier alpha value is -1.83. The Morgan fingerprint density at radius 1 is 1.30 bits per heavy atom. The Morgan fingerprint density at radius 2 is 2.00 bits per heavy atom. The normalized spacial score (nSPS) is 11.0. The third-order valence-corrected chi connectivity index (χ3v) is 3.59. The topological polar surface area (TPSA) is 66.0 Å². The number of ether oxygens (including phenoxy) is 1. The van der Waals surface area contributed by atoms with Crippen LogP contribution < -0.4 is 10.6 Å². The van der Waals surface area contributed by atoms with Crippen LogP contribution in [0.25, 0.3) is 11.4 Å². The molecular formula is C12H14F2N4OS. The van der Waals surface area contributed by atoms with Crippen LogP contribution in [-0.2, 0) is 0 Å². The fraction of sp³-hybridized carbons (Fsp3) is 0.333. The number of hydrogen-bond donors (Lipinski definition) is 1. The standard InChI is InChI=1S/C12H14F2N4OS/c1-2-7-20-12-17-16-10(18(12)15)8-3-5-9(6-4-8)19-11(13)14/h3-6,11H,2,7,15H2,1H3. The second kappa shape index (κ2) is 6.56. The van der Waals surface area contributed by atoms with E-state index >= 15 is 0 Å². The lowest BCUT2D eigenvalue weighted by atomic mass is 10.2. The molecule has 1 aromatic heterocycles. The van der Waals surface area contributed by atoms with E-state index in [1.54, 1.807) is 12.1 Å². The molecule has 2 aromatic rings. The zero-order valence-electron chi connectivity index (χ0n) is 10.8. The van der Waals surface area contributed by atoms with Gasteiger partial charge in [-0.3, -0.25) is 0 Å². The van der Waals surface area contributed by atoms with Gasteiger partial charge in [0.1, 0.15) is 5.75 Å². The van der Waals surface area contributed by atoms with Crippen molar-refractivity contribution in [2.24, 2.45) is 0 Å². The Balaban J connectivity index is 2.17. The minimum atomic E-state index is -2.84. The first-order chi connectivity index (χ1) is 9.61. The van der Waals surface area contributed by atoms with E-state index in [1.807, 2.05) is 0 Å². The summed E-state index contributed by atoms with van der Waals surface area (Å²) < 4.78 is 29.8. The van der Waals surface area contributed by atoms with E-state index in [2.05, 4.69) is 21.9 Å². The van der Waals surface area contributed by atoms with Gasteiger partial charge in [0.25, 0.3) is 0 Å². The minimum absolute atomic E-state index is 0.0902. The molecule has 0 amide bonds. The fourth-order valence-electron chi connectivity index (χ4n) is 1.55. The van der Waals surface area contributed by atoms with Gasteiger partial charge in [0.15, 0.2) is 5.82 Å². The van der Waals surface area contributed by atoms with Gasteiger partial charge in [-0.15, -0.1) is 10.2 Å². The molecule has 0 saturated heterocycles. The fourth-order valence-corrected chi connectivity index (χ4v) is 2.26. The molecule has 2 rings (SSSR count). The van der Waals surface area contributed by atoms with Crippen LogP contribution in [0.1, 0.15) is 13.3 Å². The Labute approximate surface area is 119 Å². The van der Waals surface area contributed by atoms with Crippen LogP contribution >= 0.6 is 11.8 Å². The molecular weight excluding hydrogens is 286 g/mol. The Kier molecular flexibility index (Phi) is 4.78. The highest BCUT2D eigenvalue weighted by Gasteiger charge is 2.12. The molecule has 108 valence electrons. The van der Waals surface area contributed by atoms with Gasteiger partial charge in [-0.1, -0.05) is 18.7 Å². The van der Waals surface area contributed by atoms with Crippen LogP contribution in [0.15, 0.2) is 29.4 Å². The second-order valence-corrected chi connectivity index (χ2v) is 4.99. The Bertz CT molecular complexity index is 559. The maximum atomic E-state index is 12.1. The van der Waals surface area contributed by atoms with Gasteiger partial charge in [0, 0.05) is 11.3 Å². The van der Waals surface area contributed by atoms with Crippen molar-refractivity contribution in [3.8, 4) is 17.1 Å². The molecule has 20 heavy (non-hydrogen) atoms. The molecule has 1 heterocycles. The molecule has 0 atom stereocenters. The number of nitrogens with zero attached hydrogens (tertiary/aromatic N) is 3. The van der Waals surface area contributed by atoms with Crippen molar-refractivity contribution in [1.82, 2.24) is 14.9 Å². The van der Waals surface area contributed by atoms with Crippen molar-refractivity contribution >= 4 is 11.8 Å². The van der Waals surface area contributed by atoms with Gasteiger partial charge < -0.3 is 10.6 Å². The molecule has 5 nitrogen and oxygen atoms in total. The maximum absolute atomic E-state index is 12.1. The molecule has 0 bridgehead atoms. The number of benzene rings is 1. The smallest absolute Gasteiger partial charge is 0.387 e. The van der Waals surface area contributed by atoms with Gasteiger partial charge in [-0.05, 0) is 30.7 Å². The van der Waals surface area contributed by atoms with Gasteiger partial charge in [0.2, 0.25) is 5.16 Å². The summed E-state index contributed by atoms with van der Waals surface area (Å²) in [6, 6.07) is 6.10. The molecule has 0 aliphatic rings. The number of halogens is 2. The molecule has 0 unspecified atom stereocenters. The van der Waals surface area contributed by atoms with Crippen molar-refractivity contribution in [1.29, 1.82) is 0 Å². The van der Waals surface area contributed by atoms with E-state index in [-0.39, 0.29) is 5.75 Å². The van der Waals surface area contributed by atoms with Crippen LogP contribution in [0, 0.1) is 0 Å². The first kappa shape index (κ1) is 14.6. The van der Waals surface area contributed by atoms with Crippen molar-refractivity contribution in [3.63, 3.8) is 0 Å². The zero-order chi connectivity index (χ0) is 14.5. The summed E-state index contributed by atoms with van der Waals surface area (Å²) in [7, 11) is 0. The summed E-state index contributed by atoms with van der Waals surface area (Å²) in [5.41, 5.74) is 0.685. The number of hydrogen-bond acceptors (Lipinski definition) is 5. The molecule has 1 aromatic carbocycles. The minimum Gasteiger partial charge on any atom is -0.435 e. The SMILES string of the molecule is CCCSc1nnc(-c2ccc(OC(F)F)cc2)n1N. The van der Waals surface area contributed by atoms with Gasteiger partial charge >= 0.3 is 6.61 Å². The summed E-state index contributed by atoms with van der Waals surface area (Å²) in [5, 5.41) is 8.63. The first-order valence-electron chi connectivity index (χ1n) is 6.00. The third-order valence-electron chi connectivity index (χ3n) is 2.44. The van der Waals surface area contributed by atoms with Crippen LogP contribution in [0.4, 0.5) is 8.78 Å². The summed E-state index contributed by atoms with van der Waals surface area (Å²) >= 11 is 1.51. The van der Waals surface area contributed by atoms with Gasteiger partial charge in [-0.25, -0.2) is 4.68 Å². The van der Waals surface area contributed by atoms with E-state index in [4.69, 9.17) is 5.84 Å². The van der Waals surface area contributed by atoms with Crippen LogP contribution in [0.5, 0.6) is 5.75 Å². The van der Waals surface area contributed by atoms with Crippen molar-refractivity contribution in [2.75, 3.05) is 11.6 Å². The molecule has 0 aliphatic carbocycles. The number of nitrogen functional groups attached to an aromatic ring is 1. The molecule has 8 heteroatoms. The van der Waals surface area contributed by atoms with Gasteiger partial charge in [0.05, 0.1) is 0 Å². The molecule has 0 spiro atoms. The average Bonchev–Trinajstić information content (AvgIpc) is 2.78. The lowest BCUT2D eigenvalue weighted by Crippen LogP contribution is -2.11. The highest BCUT2D eigenvalue weighted by Crippen LogP contribution is 2.24. The monoisotopic (exact) mass is 300 g/mol. The number of alkyl halides is 2. The second-order valence-electron chi connectivity index (χ2n) is 3.93. The van der Waals surface area contributed by atoms with E-state index in [1.165, 1.54) is 28.6 Å². The highest BCUT2D eigenvalue weighted by molar-refractivity contribution is 7.99. The number of rotatable bonds is 6. The van der Waals surface area contributed by atoms with Crippen molar-refractivity contribution < 1.29 is 13.5 Å². The summed E-state index contributed by atoms with van der Waals surface area (Å²) in [6.45, 7) is -0.775. The third kappa shape index (κ3) is 3.38. The maximum Gasteiger partial charge on any atom is 0.387 e. The predicted molar refractivity (Wildman–Crippen MR) is 73.3 cm³/mol. The van der Waals surface area contributed by atoms with Crippen molar-refractivity contribution in [2.45, 2.75) is 25.1 Å². The predicted octanol–water partition coefficient (Wildman–Crippen LogP) is 2.76. The number of thioether (sulfide) groups is 1. The zero-order valence-corrected chi connectivity index (χ0v) is 11.6. The lowest BCUT2D eigenvalue weighted by Gasteiger charge is -2.06. The Morgan fingerprint density at radius 3 is 2.60 bits per heavy atom. The quantitative estimate of drug-likeness (QED) is 0.656. The van der Waals surface area contributed by atoms with Crippen molar-refractivity contribution in [3.05, 3.63) is 24.3 Å². The van der Waals surface area contributed by atoms with E-state index in [9.17, 15) is 8.78 Å². The van der Waals surface area contributed by atoms with E-state index < -0.39 is 6.61 Å². The molecule has 0 saturated carbocycles. The largest absolute Gasteiger partial charge is 0.435 e. The first-order valence-corrected chi connectivity index (χ1v) is 6.99. The van der Waals surface area contributed by atoms with E-state index in [0.29, 0.717) is 16.5 Å². The molecule has 0 aliphatic heterocycles. The molecule has 0 fully saturated rings. The summed E-state index contributed by atoms with van der Waals surface area (Å²) in [6.07, 6.45) is 1.01. The molecule has 2 N–H and O–H groups in total. The van der Waals surface area contributed by atoms with Crippen LogP contribution in [-0.4, -0.2) is 27.2 Å².